The molecular weight excluding hydrogens is 136 g/mol. The molecule has 1 rings (SSSR count). The zero-order valence-electron chi connectivity index (χ0n) is 5.37. The number of carbonyl (C=O) groups is 1. The molecule has 1 N–H and O–H groups in total. The van der Waals surface area contributed by atoms with Gasteiger partial charge in [-0.3, -0.25) is 0 Å². The minimum Gasteiger partial charge on any atom is -0.478 e. The molecule has 0 atom stereocenters. The maximum absolute atomic E-state index is 10.2. The van der Waals surface area contributed by atoms with Gasteiger partial charge < -0.3 is 14.6 Å². The van der Waals surface area contributed by atoms with Crippen LogP contribution in [0.2, 0.25) is 0 Å². The van der Waals surface area contributed by atoms with Crippen LogP contribution in [0.25, 0.3) is 0 Å². The summed E-state index contributed by atoms with van der Waals surface area (Å²) >= 11 is 0. The number of hydrogen-bond donors (Lipinski definition) is 1. The molecule has 0 spiro atoms. The van der Waals surface area contributed by atoms with Crippen LogP contribution in [-0.2, 0) is 14.3 Å². The van der Waals surface area contributed by atoms with Gasteiger partial charge >= 0.3 is 5.97 Å². The van der Waals surface area contributed by atoms with E-state index in [0.29, 0.717) is 13.2 Å². The molecule has 0 unspecified atom stereocenters. The summed E-state index contributed by atoms with van der Waals surface area (Å²) in [6.45, 7) is 4.17. The second kappa shape index (κ2) is 2.81. The van der Waals surface area contributed by atoms with E-state index in [1.54, 1.807) is 0 Å². The van der Waals surface area contributed by atoms with Gasteiger partial charge in [-0.1, -0.05) is 6.58 Å². The number of hydrogen-bond acceptors (Lipinski definition) is 3. The SMILES string of the molecule is C=C(C(=O)O)C1OCCO1. The molecule has 1 fully saturated rings. The van der Waals surface area contributed by atoms with Crippen molar-refractivity contribution >= 4 is 5.97 Å². The van der Waals surface area contributed by atoms with Gasteiger partial charge in [0.15, 0.2) is 6.29 Å². The van der Waals surface area contributed by atoms with Gasteiger partial charge in [0, 0.05) is 0 Å². The summed E-state index contributed by atoms with van der Waals surface area (Å²) in [6.07, 6.45) is -0.738. The van der Waals surface area contributed by atoms with Crippen molar-refractivity contribution < 1.29 is 19.4 Å². The summed E-state index contributed by atoms with van der Waals surface area (Å²) in [5.41, 5.74) is -0.0440. The molecule has 1 aliphatic rings. The van der Waals surface area contributed by atoms with Crippen molar-refractivity contribution in [1.82, 2.24) is 0 Å². The average molecular weight is 144 g/mol. The van der Waals surface area contributed by atoms with Gasteiger partial charge in [-0.25, -0.2) is 4.79 Å². The fourth-order valence-electron chi connectivity index (χ4n) is 0.660. The third kappa shape index (κ3) is 1.34. The predicted molar refractivity (Wildman–Crippen MR) is 32.5 cm³/mol. The van der Waals surface area contributed by atoms with Gasteiger partial charge in [-0.15, -0.1) is 0 Å². The molecule has 0 aliphatic carbocycles. The van der Waals surface area contributed by atoms with Crippen molar-refractivity contribution in [1.29, 1.82) is 0 Å². The molecule has 4 heteroatoms. The van der Waals surface area contributed by atoms with Crippen molar-refractivity contribution in [3.05, 3.63) is 12.2 Å². The first kappa shape index (κ1) is 7.24. The van der Waals surface area contributed by atoms with E-state index in [4.69, 9.17) is 14.6 Å². The number of rotatable bonds is 2. The van der Waals surface area contributed by atoms with Gasteiger partial charge in [0.2, 0.25) is 0 Å². The van der Waals surface area contributed by atoms with Crippen LogP contribution in [0.3, 0.4) is 0 Å². The van der Waals surface area contributed by atoms with Crippen molar-refractivity contribution in [2.24, 2.45) is 0 Å². The molecule has 0 aromatic rings. The minimum absolute atomic E-state index is 0.0440. The Balaban J connectivity index is 2.48. The van der Waals surface area contributed by atoms with E-state index in [2.05, 4.69) is 6.58 Å². The first-order valence-corrected chi connectivity index (χ1v) is 2.87. The van der Waals surface area contributed by atoms with Crippen LogP contribution in [0.15, 0.2) is 12.2 Å². The molecule has 1 heterocycles. The number of carboxylic acids is 1. The van der Waals surface area contributed by atoms with Crippen molar-refractivity contribution in [2.45, 2.75) is 6.29 Å². The molecule has 4 nitrogen and oxygen atoms in total. The monoisotopic (exact) mass is 144 g/mol. The predicted octanol–water partition coefficient (Wildman–Crippen LogP) is 0.0001000. The van der Waals surface area contributed by atoms with Crippen LogP contribution >= 0.6 is 0 Å². The summed E-state index contributed by atoms with van der Waals surface area (Å²) in [5, 5.41) is 8.38. The van der Waals surface area contributed by atoms with Crippen molar-refractivity contribution in [2.75, 3.05) is 13.2 Å². The van der Waals surface area contributed by atoms with Crippen LogP contribution in [-0.4, -0.2) is 30.6 Å². The number of ether oxygens (including phenoxy) is 2. The zero-order chi connectivity index (χ0) is 7.56. The molecule has 0 aromatic carbocycles. The van der Waals surface area contributed by atoms with E-state index in [0.717, 1.165) is 0 Å². The van der Waals surface area contributed by atoms with E-state index in [9.17, 15) is 4.79 Å². The van der Waals surface area contributed by atoms with Gasteiger partial charge in [-0.2, -0.15) is 0 Å². The quantitative estimate of drug-likeness (QED) is 0.554. The molecule has 1 saturated heterocycles. The van der Waals surface area contributed by atoms with Crippen LogP contribution in [0.5, 0.6) is 0 Å². The molecule has 0 aromatic heterocycles. The Labute approximate surface area is 58.1 Å². The van der Waals surface area contributed by atoms with Crippen LogP contribution < -0.4 is 0 Å². The molecular formula is C6H8O4. The highest BCUT2D eigenvalue weighted by Crippen LogP contribution is 2.11. The maximum Gasteiger partial charge on any atom is 0.336 e. The normalized spacial score (nSPS) is 19.2. The second-order valence-electron chi connectivity index (χ2n) is 1.90. The number of aliphatic carboxylic acids is 1. The van der Waals surface area contributed by atoms with E-state index in [1.807, 2.05) is 0 Å². The van der Waals surface area contributed by atoms with E-state index >= 15 is 0 Å². The Kier molecular flexibility index (Phi) is 2.03. The zero-order valence-corrected chi connectivity index (χ0v) is 5.37. The van der Waals surface area contributed by atoms with Gasteiger partial charge in [0.05, 0.1) is 18.8 Å². The Morgan fingerprint density at radius 1 is 1.50 bits per heavy atom. The average Bonchev–Trinajstić information content (AvgIpc) is 2.36. The Hall–Kier alpha value is -0.870. The smallest absolute Gasteiger partial charge is 0.336 e. The van der Waals surface area contributed by atoms with Crippen LogP contribution in [0, 0.1) is 0 Å². The summed E-state index contributed by atoms with van der Waals surface area (Å²) in [6, 6.07) is 0. The summed E-state index contributed by atoms with van der Waals surface area (Å²) in [5.74, 6) is -1.08. The maximum atomic E-state index is 10.2. The Morgan fingerprint density at radius 3 is 2.40 bits per heavy atom. The van der Waals surface area contributed by atoms with E-state index in [-0.39, 0.29) is 5.57 Å². The van der Waals surface area contributed by atoms with Gasteiger partial charge in [0.1, 0.15) is 0 Å². The first-order chi connectivity index (χ1) is 4.72. The first-order valence-electron chi connectivity index (χ1n) is 2.87. The molecule has 0 amide bonds. The molecule has 10 heavy (non-hydrogen) atoms. The lowest BCUT2D eigenvalue weighted by atomic mass is 10.3. The number of carboxylic acid groups (broad SMARTS) is 1. The highest BCUT2D eigenvalue weighted by atomic mass is 16.7. The summed E-state index contributed by atoms with van der Waals surface area (Å²) in [4.78, 5) is 10.2. The Morgan fingerprint density at radius 2 is 2.00 bits per heavy atom. The lowest BCUT2D eigenvalue weighted by molar-refractivity contribution is -0.136. The van der Waals surface area contributed by atoms with Crippen LogP contribution in [0.1, 0.15) is 0 Å². The Bertz CT molecular complexity index is 157. The topological polar surface area (TPSA) is 55.8 Å². The largest absolute Gasteiger partial charge is 0.478 e. The minimum atomic E-state index is -1.08. The molecule has 0 saturated carbocycles. The molecule has 0 radical (unpaired) electrons. The standard InChI is InChI=1S/C6H8O4/c1-4(5(7)8)6-9-2-3-10-6/h6H,1-3H2,(H,7,8). The highest BCUT2D eigenvalue weighted by molar-refractivity contribution is 5.86. The summed E-state index contributed by atoms with van der Waals surface area (Å²) in [7, 11) is 0. The van der Waals surface area contributed by atoms with E-state index in [1.165, 1.54) is 0 Å². The van der Waals surface area contributed by atoms with Gasteiger partial charge in [-0.05, 0) is 0 Å². The fourth-order valence-corrected chi connectivity index (χ4v) is 0.660. The third-order valence-electron chi connectivity index (χ3n) is 1.18. The summed E-state index contributed by atoms with van der Waals surface area (Å²) < 4.78 is 9.75. The van der Waals surface area contributed by atoms with Gasteiger partial charge in [0.25, 0.3) is 0 Å². The van der Waals surface area contributed by atoms with E-state index < -0.39 is 12.3 Å². The lowest BCUT2D eigenvalue weighted by Gasteiger charge is -2.06. The molecule has 56 valence electrons. The molecule has 0 bridgehead atoms. The fraction of sp³-hybridized carbons (Fsp3) is 0.500. The lowest BCUT2D eigenvalue weighted by Crippen LogP contribution is -2.17. The van der Waals surface area contributed by atoms with Crippen molar-refractivity contribution in [3.63, 3.8) is 0 Å². The van der Waals surface area contributed by atoms with Crippen LogP contribution in [0.4, 0.5) is 0 Å². The third-order valence-corrected chi connectivity index (χ3v) is 1.18. The molecule has 1 aliphatic heterocycles. The second-order valence-corrected chi connectivity index (χ2v) is 1.90. The highest BCUT2D eigenvalue weighted by Gasteiger charge is 2.23. The van der Waals surface area contributed by atoms with Crippen molar-refractivity contribution in [3.8, 4) is 0 Å².